The molecule has 0 spiro atoms. The predicted molar refractivity (Wildman–Crippen MR) is 139 cm³/mol. The van der Waals surface area contributed by atoms with Crippen LogP contribution in [0.15, 0.2) is 72.3 Å². The van der Waals surface area contributed by atoms with Gasteiger partial charge in [0.1, 0.15) is 11.5 Å². The third-order valence-corrected chi connectivity index (χ3v) is 6.50. The van der Waals surface area contributed by atoms with Crippen LogP contribution in [-0.2, 0) is 15.0 Å². The van der Waals surface area contributed by atoms with E-state index in [9.17, 15) is 14.7 Å². The smallest absolute Gasteiger partial charge is 0.300 e. The van der Waals surface area contributed by atoms with Crippen LogP contribution in [0.25, 0.3) is 5.76 Å². The van der Waals surface area contributed by atoms with Crippen LogP contribution in [0.3, 0.4) is 0 Å². The second kappa shape index (κ2) is 9.06. The summed E-state index contributed by atoms with van der Waals surface area (Å²) in [5, 5.41) is 11.6. The molecular formula is C30H31NO4. The molecule has 5 nitrogen and oxygen atoms in total. The predicted octanol–water partition coefficient (Wildman–Crippen LogP) is 6.24. The molecule has 1 fully saturated rings. The first-order chi connectivity index (χ1) is 16.5. The van der Waals surface area contributed by atoms with Crippen molar-refractivity contribution in [3.8, 4) is 5.75 Å². The van der Waals surface area contributed by atoms with Crippen LogP contribution in [-0.4, -0.2) is 23.9 Å². The lowest BCUT2D eigenvalue weighted by atomic mass is 9.85. The molecule has 1 unspecified atom stereocenters. The lowest BCUT2D eigenvalue weighted by molar-refractivity contribution is -0.132. The Morgan fingerprint density at radius 2 is 1.66 bits per heavy atom. The first-order valence-corrected chi connectivity index (χ1v) is 11.7. The Morgan fingerprint density at radius 3 is 2.29 bits per heavy atom. The largest absolute Gasteiger partial charge is 0.507 e. The molecule has 0 radical (unpaired) electrons. The second-order valence-corrected chi connectivity index (χ2v) is 10.0. The van der Waals surface area contributed by atoms with E-state index in [1.807, 2.05) is 74.5 Å². The number of carbonyl (C=O) groups excluding carboxylic acids is 2. The van der Waals surface area contributed by atoms with E-state index in [0.717, 1.165) is 22.3 Å². The number of para-hydroxylation sites is 1. The number of rotatable bonds is 4. The van der Waals surface area contributed by atoms with E-state index in [1.54, 1.807) is 6.07 Å². The van der Waals surface area contributed by atoms with Crippen LogP contribution in [0.5, 0.6) is 5.75 Å². The van der Waals surface area contributed by atoms with Gasteiger partial charge in [-0.15, -0.1) is 0 Å². The summed E-state index contributed by atoms with van der Waals surface area (Å²) in [5.41, 5.74) is 4.46. The maximum absolute atomic E-state index is 13.5. The molecule has 180 valence electrons. The zero-order valence-corrected chi connectivity index (χ0v) is 21.0. The van der Waals surface area contributed by atoms with E-state index in [4.69, 9.17) is 4.74 Å². The van der Waals surface area contributed by atoms with E-state index < -0.39 is 17.7 Å². The fourth-order valence-corrected chi connectivity index (χ4v) is 4.57. The van der Waals surface area contributed by atoms with Gasteiger partial charge in [-0.3, -0.25) is 14.5 Å². The van der Waals surface area contributed by atoms with Gasteiger partial charge < -0.3 is 9.84 Å². The summed E-state index contributed by atoms with van der Waals surface area (Å²) in [6.45, 7) is 10.1. The van der Waals surface area contributed by atoms with E-state index >= 15 is 0 Å². The number of anilines is 1. The number of amides is 1. The van der Waals surface area contributed by atoms with Gasteiger partial charge in [0.05, 0.1) is 24.3 Å². The summed E-state index contributed by atoms with van der Waals surface area (Å²) in [7, 11) is 1.52. The van der Waals surface area contributed by atoms with Crippen molar-refractivity contribution in [2.45, 2.75) is 46.1 Å². The van der Waals surface area contributed by atoms with Crippen LogP contribution in [0.4, 0.5) is 5.69 Å². The maximum Gasteiger partial charge on any atom is 0.300 e. The molecule has 35 heavy (non-hydrogen) atoms. The third-order valence-electron chi connectivity index (χ3n) is 6.50. The topological polar surface area (TPSA) is 66.8 Å². The molecule has 3 aromatic carbocycles. The van der Waals surface area contributed by atoms with E-state index in [1.165, 1.54) is 12.0 Å². The summed E-state index contributed by atoms with van der Waals surface area (Å²) < 4.78 is 5.54. The first kappa shape index (κ1) is 24.3. The minimum Gasteiger partial charge on any atom is -0.507 e. The van der Waals surface area contributed by atoms with Crippen LogP contribution in [0.2, 0.25) is 0 Å². The minimum absolute atomic E-state index is 0.0493. The Morgan fingerprint density at radius 1 is 0.943 bits per heavy atom. The van der Waals surface area contributed by atoms with E-state index in [-0.39, 0.29) is 16.7 Å². The van der Waals surface area contributed by atoms with Crippen molar-refractivity contribution in [1.29, 1.82) is 0 Å². The molecule has 1 amide bonds. The molecule has 1 aliphatic heterocycles. The van der Waals surface area contributed by atoms with Gasteiger partial charge in [0.25, 0.3) is 11.7 Å². The summed E-state index contributed by atoms with van der Waals surface area (Å²) in [5.74, 6) is -1.20. The molecule has 1 saturated heterocycles. The molecule has 1 heterocycles. The second-order valence-electron chi connectivity index (χ2n) is 10.0. The number of methoxy groups -OCH3 is 1. The molecule has 0 saturated carbocycles. The number of nitrogens with zero attached hydrogens (tertiary/aromatic N) is 1. The monoisotopic (exact) mass is 469 g/mol. The number of hydrogen-bond acceptors (Lipinski definition) is 4. The number of carbonyl (C=O) groups is 2. The van der Waals surface area contributed by atoms with Crippen LogP contribution in [0, 0.1) is 13.8 Å². The van der Waals surface area contributed by atoms with E-state index in [2.05, 4.69) is 20.8 Å². The number of aliphatic hydroxyl groups excluding tert-OH is 1. The normalized spacial score (nSPS) is 17.7. The minimum atomic E-state index is -0.779. The molecule has 5 heteroatoms. The first-order valence-electron chi connectivity index (χ1n) is 11.7. The molecule has 0 aromatic heterocycles. The van der Waals surface area contributed by atoms with Crippen molar-refractivity contribution in [2.75, 3.05) is 12.0 Å². The standard InChI is InChI=1S/C30H31NO4/c1-18-10-9-12-20(16-18)26-25(28(33)29(34)31(26)23-13-8-7-11-19(23)2)27(32)22-17-21(30(3,4)5)14-15-24(22)35-6/h7-17,26,32H,1-6H3/b27-25+. The molecular weight excluding hydrogens is 438 g/mol. The van der Waals surface area contributed by atoms with Crippen LogP contribution < -0.4 is 9.64 Å². The molecule has 0 bridgehead atoms. The molecule has 0 aliphatic carbocycles. The van der Waals surface area contributed by atoms with Crippen molar-refractivity contribution in [3.05, 3.63) is 100 Å². The number of aryl methyl sites for hydroxylation is 2. The Labute approximate surface area is 206 Å². The summed E-state index contributed by atoms with van der Waals surface area (Å²) >= 11 is 0. The lowest BCUT2D eigenvalue weighted by Gasteiger charge is -2.27. The molecule has 1 aliphatic rings. The molecule has 3 aromatic rings. The fraction of sp³-hybridized carbons (Fsp3) is 0.267. The lowest BCUT2D eigenvalue weighted by Crippen LogP contribution is -2.30. The van der Waals surface area contributed by atoms with Crippen molar-refractivity contribution in [3.63, 3.8) is 0 Å². The number of hydrogen-bond donors (Lipinski definition) is 1. The van der Waals surface area contributed by atoms with Gasteiger partial charge in [0, 0.05) is 5.69 Å². The van der Waals surface area contributed by atoms with Gasteiger partial charge in [0.2, 0.25) is 0 Å². The number of aliphatic hydroxyl groups is 1. The Bertz CT molecular complexity index is 1350. The van der Waals surface area contributed by atoms with Crippen molar-refractivity contribution >= 4 is 23.1 Å². The van der Waals surface area contributed by atoms with Crippen molar-refractivity contribution in [2.24, 2.45) is 0 Å². The van der Waals surface area contributed by atoms with Crippen molar-refractivity contribution < 1.29 is 19.4 Å². The maximum atomic E-state index is 13.5. The SMILES string of the molecule is COc1ccc(C(C)(C)C)cc1/C(O)=C1\C(=O)C(=O)N(c2ccccc2C)C1c1cccc(C)c1. The quantitative estimate of drug-likeness (QED) is 0.279. The zero-order chi connectivity index (χ0) is 25.5. The highest BCUT2D eigenvalue weighted by atomic mass is 16.5. The summed E-state index contributed by atoms with van der Waals surface area (Å²) in [6, 6.07) is 19.9. The van der Waals surface area contributed by atoms with Crippen LogP contribution in [0.1, 0.15) is 54.6 Å². The highest BCUT2D eigenvalue weighted by Crippen LogP contribution is 2.44. The van der Waals surface area contributed by atoms with Gasteiger partial charge in [-0.1, -0.05) is 74.9 Å². The number of ketones is 1. The molecule has 1 atom stereocenters. The van der Waals surface area contributed by atoms with Crippen LogP contribution >= 0.6 is 0 Å². The van der Waals surface area contributed by atoms with Gasteiger partial charge in [-0.05, 0) is 54.2 Å². The number of Topliss-reactive ketones (excluding diaryl/α,β-unsaturated/α-hetero) is 1. The van der Waals surface area contributed by atoms with Crippen molar-refractivity contribution in [1.82, 2.24) is 0 Å². The highest BCUT2D eigenvalue weighted by Gasteiger charge is 2.47. The number of ether oxygens (including phenoxy) is 1. The average Bonchev–Trinajstić information content (AvgIpc) is 3.08. The zero-order valence-electron chi connectivity index (χ0n) is 21.0. The number of benzene rings is 3. The Kier molecular flexibility index (Phi) is 6.28. The summed E-state index contributed by atoms with van der Waals surface area (Å²) in [4.78, 5) is 28.5. The molecule has 4 rings (SSSR count). The van der Waals surface area contributed by atoms with Gasteiger partial charge >= 0.3 is 0 Å². The third kappa shape index (κ3) is 4.34. The fourth-order valence-electron chi connectivity index (χ4n) is 4.57. The van der Waals surface area contributed by atoms with Gasteiger partial charge in [-0.25, -0.2) is 0 Å². The van der Waals surface area contributed by atoms with Gasteiger partial charge in [-0.2, -0.15) is 0 Å². The Balaban J connectivity index is 2.02. The van der Waals surface area contributed by atoms with Gasteiger partial charge in [0.15, 0.2) is 0 Å². The summed E-state index contributed by atoms with van der Waals surface area (Å²) in [6.07, 6.45) is 0. The average molecular weight is 470 g/mol. The van der Waals surface area contributed by atoms with E-state index in [0.29, 0.717) is 17.0 Å². The molecule has 1 N–H and O–H groups in total. The highest BCUT2D eigenvalue weighted by molar-refractivity contribution is 6.51. The Hall–Kier alpha value is -3.86.